The molecule has 0 spiro atoms. The standard InChI is InChI=1S/C26H21N7OS/c1-14(34)23-4-5-24(35-23)17-6-7-28-26-18(17)9-21(30-26)25-19-10-20(29-13-22(19)31-32-25)15-8-16(33(2)3)12-27-11-15/h4-13H,1-3H3,(H,28,30)(H,31,32). The summed E-state index contributed by atoms with van der Waals surface area (Å²) >= 11 is 1.49. The summed E-state index contributed by atoms with van der Waals surface area (Å²) in [6, 6.07) is 12.0. The molecule has 0 aliphatic carbocycles. The number of fused-ring (bicyclic) bond motifs is 2. The molecule has 2 N–H and O–H groups in total. The number of carbonyl (C=O) groups excluding carboxylic acids is 1. The van der Waals surface area contributed by atoms with Gasteiger partial charge in [0.15, 0.2) is 5.78 Å². The molecule has 0 saturated heterocycles. The third kappa shape index (κ3) is 3.66. The second-order valence-corrected chi connectivity index (χ2v) is 9.62. The lowest BCUT2D eigenvalue weighted by atomic mass is 10.1. The Balaban J connectivity index is 1.46. The lowest BCUT2D eigenvalue weighted by molar-refractivity contribution is 0.102. The van der Waals surface area contributed by atoms with E-state index in [1.54, 1.807) is 19.3 Å². The molecule has 0 aromatic carbocycles. The maximum atomic E-state index is 11.8. The maximum Gasteiger partial charge on any atom is 0.169 e. The number of ketones is 1. The third-order valence-electron chi connectivity index (χ3n) is 5.99. The summed E-state index contributed by atoms with van der Waals surface area (Å²) in [5, 5.41) is 9.60. The molecule has 0 atom stereocenters. The number of nitrogens with one attached hydrogen (secondary N) is 2. The molecule has 6 aromatic heterocycles. The number of pyridine rings is 3. The number of carbonyl (C=O) groups is 1. The summed E-state index contributed by atoms with van der Waals surface area (Å²) in [6.07, 6.45) is 7.22. The quantitative estimate of drug-likeness (QED) is 0.314. The number of Topliss-reactive ketones (excluding diaryl/α,β-unsaturated/α-hetero) is 1. The largest absolute Gasteiger partial charge is 0.376 e. The normalized spacial score (nSPS) is 11.4. The molecular formula is C26H21N7OS. The molecule has 0 unspecified atom stereocenters. The van der Waals surface area contributed by atoms with E-state index in [9.17, 15) is 4.79 Å². The topological polar surface area (TPSA) is 103 Å². The van der Waals surface area contributed by atoms with Crippen LogP contribution in [0.25, 0.3) is 55.0 Å². The van der Waals surface area contributed by atoms with Crippen LogP contribution in [-0.2, 0) is 0 Å². The van der Waals surface area contributed by atoms with Gasteiger partial charge in [0.2, 0.25) is 0 Å². The van der Waals surface area contributed by atoms with E-state index < -0.39 is 0 Å². The van der Waals surface area contributed by atoms with Gasteiger partial charge in [0.05, 0.1) is 39.9 Å². The number of aromatic nitrogens is 6. The average Bonchev–Trinajstić information content (AvgIpc) is 3.61. The minimum absolute atomic E-state index is 0.0695. The smallest absolute Gasteiger partial charge is 0.169 e. The Morgan fingerprint density at radius 3 is 2.69 bits per heavy atom. The average molecular weight is 480 g/mol. The lowest BCUT2D eigenvalue weighted by Gasteiger charge is -2.12. The van der Waals surface area contributed by atoms with Gasteiger partial charge in [0.1, 0.15) is 11.3 Å². The summed E-state index contributed by atoms with van der Waals surface area (Å²) in [5.41, 5.74) is 7.05. The van der Waals surface area contributed by atoms with Gasteiger partial charge in [-0.2, -0.15) is 5.10 Å². The number of hydrogen-bond acceptors (Lipinski definition) is 7. The first kappa shape index (κ1) is 21.2. The Bertz CT molecular complexity index is 1730. The second-order valence-electron chi connectivity index (χ2n) is 8.54. The Morgan fingerprint density at radius 2 is 1.89 bits per heavy atom. The third-order valence-corrected chi connectivity index (χ3v) is 7.21. The molecular weight excluding hydrogens is 458 g/mol. The molecule has 0 saturated carbocycles. The van der Waals surface area contributed by atoms with Crippen molar-refractivity contribution in [2.45, 2.75) is 6.92 Å². The van der Waals surface area contributed by atoms with Crippen LogP contribution < -0.4 is 4.90 Å². The molecule has 172 valence electrons. The van der Waals surface area contributed by atoms with E-state index in [2.05, 4.69) is 42.3 Å². The van der Waals surface area contributed by atoms with Crippen LogP contribution in [-0.4, -0.2) is 50.0 Å². The zero-order valence-corrected chi connectivity index (χ0v) is 20.1. The fourth-order valence-corrected chi connectivity index (χ4v) is 5.07. The molecule has 0 amide bonds. The van der Waals surface area contributed by atoms with Crippen LogP contribution >= 0.6 is 11.3 Å². The van der Waals surface area contributed by atoms with Gasteiger partial charge in [0.25, 0.3) is 0 Å². The van der Waals surface area contributed by atoms with Crippen molar-refractivity contribution in [1.82, 2.24) is 30.1 Å². The van der Waals surface area contributed by atoms with Crippen LogP contribution in [0.4, 0.5) is 5.69 Å². The number of H-pyrrole nitrogens is 2. The summed E-state index contributed by atoms with van der Waals surface area (Å²) in [6.45, 7) is 1.59. The molecule has 0 fully saturated rings. The van der Waals surface area contributed by atoms with Gasteiger partial charge in [-0.25, -0.2) is 4.98 Å². The van der Waals surface area contributed by atoms with Crippen LogP contribution in [0.1, 0.15) is 16.6 Å². The second kappa shape index (κ2) is 8.14. The predicted octanol–water partition coefficient (Wildman–Crippen LogP) is 5.56. The van der Waals surface area contributed by atoms with Crippen LogP contribution in [0, 0.1) is 0 Å². The highest BCUT2D eigenvalue weighted by atomic mass is 32.1. The highest BCUT2D eigenvalue weighted by molar-refractivity contribution is 7.17. The summed E-state index contributed by atoms with van der Waals surface area (Å²) in [7, 11) is 3.97. The van der Waals surface area contributed by atoms with Crippen LogP contribution in [0.3, 0.4) is 0 Å². The van der Waals surface area contributed by atoms with E-state index in [1.165, 1.54) is 11.3 Å². The van der Waals surface area contributed by atoms with E-state index in [1.807, 2.05) is 55.7 Å². The molecule has 8 nitrogen and oxygen atoms in total. The van der Waals surface area contributed by atoms with Crippen LogP contribution in [0.5, 0.6) is 0 Å². The zero-order chi connectivity index (χ0) is 24.1. The number of nitrogens with zero attached hydrogens (tertiary/aromatic N) is 5. The molecule has 0 aliphatic heterocycles. The lowest BCUT2D eigenvalue weighted by Crippen LogP contribution is -2.08. The minimum Gasteiger partial charge on any atom is -0.376 e. The molecule has 6 heterocycles. The van der Waals surface area contributed by atoms with E-state index in [4.69, 9.17) is 0 Å². The fourth-order valence-electron chi connectivity index (χ4n) is 4.13. The van der Waals surface area contributed by atoms with Crippen molar-refractivity contribution in [3.8, 4) is 33.1 Å². The Hall–Kier alpha value is -4.37. The number of rotatable bonds is 5. The van der Waals surface area contributed by atoms with E-state index in [0.29, 0.717) is 0 Å². The van der Waals surface area contributed by atoms with Gasteiger partial charge >= 0.3 is 0 Å². The van der Waals surface area contributed by atoms with Gasteiger partial charge < -0.3 is 9.88 Å². The van der Waals surface area contributed by atoms with Crippen molar-refractivity contribution < 1.29 is 4.79 Å². The molecule has 0 bridgehead atoms. The molecule has 6 aromatic rings. The van der Waals surface area contributed by atoms with Crippen molar-refractivity contribution in [1.29, 1.82) is 0 Å². The van der Waals surface area contributed by atoms with Gasteiger partial charge in [-0.15, -0.1) is 11.3 Å². The first-order valence-electron chi connectivity index (χ1n) is 11.0. The fraction of sp³-hybridized carbons (Fsp3) is 0.115. The first-order chi connectivity index (χ1) is 17.0. The molecule has 9 heteroatoms. The van der Waals surface area contributed by atoms with Gasteiger partial charge in [0, 0.05) is 53.3 Å². The first-order valence-corrected chi connectivity index (χ1v) is 11.9. The highest BCUT2D eigenvalue weighted by Crippen LogP contribution is 2.36. The maximum absolute atomic E-state index is 11.8. The predicted molar refractivity (Wildman–Crippen MR) is 140 cm³/mol. The molecule has 35 heavy (non-hydrogen) atoms. The summed E-state index contributed by atoms with van der Waals surface area (Å²) < 4.78 is 0. The monoisotopic (exact) mass is 479 g/mol. The Morgan fingerprint density at radius 1 is 1.00 bits per heavy atom. The van der Waals surface area contributed by atoms with Gasteiger partial charge in [-0.1, -0.05) is 0 Å². The van der Waals surface area contributed by atoms with Crippen molar-refractivity contribution >= 4 is 44.7 Å². The summed E-state index contributed by atoms with van der Waals surface area (Å²) in [4.78, 5) is 32.5. The Kier molecular flexibility index (Phi) is 4.93. The van der Waals surface area contributed by atoms with Crippen LogP contribution in [0.2, 0.25) is 0 Å². The SMILES string of the molecule is CC(=O)c1ccc(-c2ccnc3[nH]c(-c4n[nH]c5cnc(-c6cncc(N(C)C)c6)cc45)cc23)s1. The molecule has 6 rings (SSSR count). The number of anilines is 1. The van der Waals surface area contributed by atoms with Crippen molar-refractivity contribution in [2.75, 3.05) is 19.0 Å². The highest BCUT2D eigenvalue weighted by Gasteiger charge is 2.16. The van der Waals surface area contributed by atoms with Crippen LogP contribution in [0.15, 0.2) is 61.2 Å². The number of thiophene rings is 1. The number of hydrogen-bond donors (Lipinski definition) is 2. The Labute approximate surface area is 204 Å². The van der Waals surface area contributed by atoms with Gasteiger partial charge in [-0.3, -0.25) is 19.9 Å². The molecule has 0 aliphatic rings. The van der Waals surface area contributed by atoms with E-state index >= 15 is 0 Å². The van der Waals surface area contributed by atoms with Gasteiger partial charge in [-0.05, 0) is 43.3 Å². The van der Waals surface area contributed by atoms with Crippen molar-refractivity contribution in [2.24, 2.45) is 0 Å². The minimum atomic E-state index is 0.0695. The van der Waals surface area contributed by atoms with Crippen molar-refractivity contribution in [3.63, 3.8) is 0 Å². The van der Waals surface area contributed by atoms with Crippen molar-refractivity contribution in [3.05, 3.63) is 66.1 Å². The van der Waals surface area contributed by atoms with E-state index in [0.717, 1.165) is 65.6 Å². The summed E-state index contributed by atoms with van der Waals surface area (Å²) in [5.74, 6) is 0.0695. The zero-order valence-electron chi connectivity index (χ0n) is 19.3. The number of aromatic amines is 2. The molecule has 0 radical (unpaired) electrons. The van der Waals surface area contributed by atoms with E-state index in [-0.39, 0.29) is 5.78 Å².